The van der Waals surface area contributed by atoms with E-state index in [2.05, 4.69) is 41.5 Å². The smallest absolute Gasteiger partial charge is 0.203 e. The lowest BCUT2D eigenvalue weighted by atomic mass is 10.1. The molecule has 3 aromatic rings. The molecule has 0 saturated carbocycles. The molecule has 1 N–H and O–H groups in total. The van der Waals surface area contributed by atoms with E-state index in [9.17, 15) is 4.39 Å². The van der Waals surface area contributed by atoms with Crippen molar-refractivity contribution < 1.29 is 4.39 Å². The summed E-state index contributed by atoms with van der Waals surface area (Å²) in [5, 5.41) is 3.18. The van der Waals surface area contributed by atoms with Crippen LogP contribution in [0.3, 0.4) is 0 Å². The van der Waals surface area contributed by atoms with Crippen LogP contribution in [0.25, 0.3) is 11.3 Å². The van der Waals surface area contributed by atoms with Gasteiger partial charge in [0.2, 0.25) is 5.95 Å². The van der Waals surface area contributed by atoms with Gasteiger partial charge in [0.25, 0.3) is 0 Å². The van der Waals surface area contributed by atoms with Crippen LogP contribution < -0.4 is 5.32 Å². The SMILES string of the molecule is Cc1ccc(-c2cnc(NCc3ccccc3F)n2C)cc1. The molecule has 3 rings (SSSR count). The summed E-state index contributed by atoms with van der Waals surface area (Å²) in [5.74, 6) is 0.516. The van der Waals surface area contributed by atoms with Crippen LogP contribution >= 0.6 is 0 Å². The molecule has 0 aliphatic rings. The highest BCUT2D eigenvalue weighted by molar-refractivity contribution is 5.61. The Balaban J connectivity index is 1.79. The largest absolute Gasteiger partial charge is 0.351 e. The molecule has 0 aliphatic heterocycles. The van der Waals surface area contributed by atoms with Crippen LogP contribution in [-0.4, -0.2) is 9.55 Å². The van der Waals surface area contributed by atoms with Gasteiger partial charge in [-0.2, -0.15) is 0 Å². The third-order valence-corrected chi connectivity index (χ3v) is 3.73. The minimum atomic E-state index is -0.206. The quantitative estimate of drug-likeness (QED) is 0.783. The molecule has 0 aliphatic carbocycles. The predicted molar refractivity (Wildman–Crippen MR) is 87.1 cm³/mol. The lowest BCUT2D eigenvalue weighted by Gasteiger charge is -2.09. The zero-order valence-electron chi connectivity index (χ0n) is 12.7. The van der Waals surface area contributed by atoms with Crippen LogP contribution in [0.4, 0.5) is 10.3 Å². The molecular weight excluding hydrogens is 277 g/mol. The van der Waals surface area contributed by atoms with Crippen molar-refractivity contribution in [3.8, 4) is 11.3 Å². The maximum absolute atomic E-state index is 13.6. The fourth-order valence-corrected chi connectivity index (χ4v) is 2.38. The minimum Gasteiger partial charge on any atom is -0.351 e. The molecule has 0 saturated heterocycles. The predicted octanol–water partition coefficient (Wildman–Crippen LogP) is 4.15. The minimum absolute atomic E-state index is 0.206. The van der Waals surface area contributed by atoms with Crippen LogP contribution in [0.5, 0.6) is 0 Å². The van der Waals surface area contributed by atoms with Gasteiger partial charge in [-0.05, 0) is 18.6 Å². The van der Waals surface area contributed by atoms with Gasteiger partial charge in [0, 0.05) is 19.2 Å². The Morgan fingerprint density at radius 2 is 1.82 bits per heavy atom. The highest BCUT2D eigenvalue weighted by atomic mass is 19.1. The van der Waals surface area contributed by atoms with E-state index < -0.39 is 0 Å². The molecule has 22 heavy (non-hydrogen) atoms. The summed E-state index contributed by atoms with van der Waals surface area (Å²) < 4.78 is 15.6. The molecule has 0 amide bonds. The van der Waals surface area contributed by atoms with E-state index in [0.29, 0.717) is 12.1 Å². The molecule has 0 fully saturated rings. The van der Waals surface area contributed by atoms with Gasteiger partial charge in [-0.3, -0.25) is 0 Å². The average molecular weight is 295 g/mol. The maximum atomic E-state index is 13.6. The van der Waals surface area contributed by atoms with E-state index >= 15 is 0 Å². The van der Waals surface area contributed by atoms with Crippen molar-refractivity contribution in [2.75, 3.05) is 5.32 Å². The van der Waals surface area contributed by atoms with E-state index in [4.69, 9.17) is 0 Å². The Kier molecular flexibility index (Phi) is 3.92. The number of nitrogens with zero attached hydrogens (tertiary/aromatic N) is 2. The van der Waals surface area contributed by atoms with Crippen molar-refractivity contribution in [1.29, 1.82) is 0 Å². The van der Waals surface area contributed by atoms with Crippen LogP contribution in [0.2, 0.25) is 0 Å². The lowest BCUT2D eigenvalue weighted by Crippen LogP contribution is -2.06. The van der Waals surface area contributed by atoms with Gasteiger partial charge in [-0.25, -0.2) is 9.37 Å². The molecule has 4 heteroatoms. The summed E-state index contributed by atoms with van der Waals surface area (Å²) in [4.78, 5) is 4.39. The first-order valence-corrected chi connectivity index (χ1v) is 7.21. The van der Waals surface area contributed by atoms with Crippen molar-refractivity contribution in [2.24, 2.45) is 7.05 Å². The molecule has 1 heterocycles. The van der Waals surface area contributed by atoms with Crippen LogP contribution in [0.15, 0.2) is 54.7 Å². The van der Waals surface area contributed by atoms with Gasteiger partial charge >= 0.3 is 0 Å². The van der Waals surface area contributed by atoms with Crippen LogP contribution in [0.1, 0.15) is 11.1 Å². The van der Waals surface area contributed by atoms with Gasteiger partial charge in [0.1, 0.15) is 5.82 Å². The number of nitrogens with one attached hydrogen (secondary N) is 1. The number of aryl methyl sites for hydroxylation is 1. The molecule has 2 aromatic carbocycles. The molecule has 1 aromatic heterocycles. The summed E-state index contributed by atoms with van der Waals surface area (Å²) in [6.07, 6.45) is 1.83. The topological polar surface area (TPSA) is 29.9 Å². The van der Waals surface area contributed by atoms with E-state index in [1.165, 1.54) is 11.6 Å². The highest BCUT2D eigenvalue weighted by Crippen LogP contribution is 2.22. The molecule has 0 bridgehead atoms. The van der Waals surface area contributed by atoms with E-state index in [1.54, 1.807) is 12.1 Å². The van der Waals surface area contributed by atoms with Gasteiger partial charge < -0.3 is 9.88 Å². The Hall–Kier alpha value is -2.62. The Labute approximate surface area is 129 Å². The summed E-state index contributed by atoms with van der Waals surface area (Å²) in [6.45, 7) is 2.47. The van der Waals surface area contributed by atoms with Crippen LogP contribution in [-0.2, 0) is 13.6 Å². The van der Waals surface area contributed by atoms with Gasteiger partial charge in [-0.1, -0.05) is 48.0 Å². The van der Waals surface area contributed by atoms with Gasteiger partial charge in [-0.15, -0.1) is 0 Å². The summed E-state index contributed by atoms with van der Waals surface area (Å²) in [6, 6.07) is 15.1. The second-order valence-corrected chi connectivity index (χ2v) is 5.34. The Morgan fingerprint density at radius 3 is 2.55 bits per heavy atom. The Morgan fingerprint density at radius 1 is 1.09 bits per heavy atom. The number of benzene rings is 2. The molecule has 112 valence electrons. The zero-order valence-corrected chi connectivity index (χ0v) is 12.7. The van der Waals surface area contributed by atoms with Crippen LogP contribution in [0, 0.1) is 12.7 Å². The number of aromatic nitrogens is 2. The van der Waals surface area contributed by atoms with Crippen molar-refractivity contribution in [1.82, 2.24) is 9.55 Å². The fraction of sp³-hybridized carbons (Fsp3) is 0.167. The first-order chi connectivity index (χ1) is 10.6. The highest BCUT2D eigenvalue weighted by Gasteiger charge is 2.09. The average Bonchev–Trinajstić information content (AvgIpc) is 2.88. The van der Waals surface area contributed by atoms with Crippen molar-refractivity contribution in [3.63, 3.8) is 0 Å². The van der Waals surface area contributed by atoms with Gasteiger partial charge in [0.15, 0.2) is 0 Å². The molecule has 0 unspecified atom stereocenters. The van der Waals surface area contributed by atoms with Crippen molar-refractivity contribution >= 4 is 5.95 Å². The summed E-state index contributed by atoms with van der Waals surface area (Å²) >= 11 is 0. The maximum Gasteiger partial charge on any atom is 0.203 e. The molecule has 0 atom stereocenters. The monoisotopic (exact) mass is 295 g/mol. The van der Waals surface area contributed by atoms with Crippen molar-refractivity contribution in [2.45, 2.75) is 13.5 Å². The lowest BCUT2D eigenvalue weighted by molar-refractivity contribution is 0.612. The standard InChI is InChI=1S/C18H18FN3/c1-13-7-9-14(10-8-13)17-12-21-18(22(17)2)20-11-15-5-3-4-6-16(15)19/h3-10,12H,11H2,1-2H3,(H,20,21). The van der Waals surface area contributed by atoms with E-state index in [-0.39, 0.29) is 5.82 Å². The first-order valence-electron chi connectivity index (χ1n) is 7.21. The third-order valence-electron chi connectivity index (χ3n) is 3.73. The molecule has 0 radical (unpaired) electrons. The van der Waals surface area contributed by atoms with E-state index in [0.717, 1.165) is 17.2 Å². The summed E-state index contributed by atoms with van der Waals surface area (Å²) in [7, 11) is 1.95. The second kappa shape index (κ2) is 6.02. The number of imidazole rings is 1. The summed E-state index contributed by atoms with van der Waals surface area (Å²) in [5.41, 5.74) is 3.99. The fourth-order valence-electron chi connectivity index (χ4n) is 2.38. The number of hydrogen-bond acceptors (Lipinski definition) is 2. The normalized spacial score (nSPS) is 10.7. The number of halogens is 1. The molecule has 0 spiro atoms. The number of rotatable bonds is 4. The Bertz CT molecular complexity index is 775. The molecule has 3 nitrogen and oxygen atoms in total. The molecular formula is C18H18FN3. The van der Waals surface area contributed by atoms with Crippen molar-refractivity contribution in [3.05, 3.63) is 71.7 Å². The van der Waals surface area contributed by atoms with Gasteiger partial charge in [0.05, 0.1) is 11.9 Å². The number of hydrogen-bond donors (Lipinski definition) is 1. The van der Waals surface area contributed by atoms with E-state index in [1.807, 2.05) is 23.9 Å². The second-order valence-electron chi connectivity index (χ2n) is 5.34. The zero-order chi connectivity index (χ0) is 15.5. The first kappa shape index (κ1) is 14.3. The third kappa shape index (κ3) is 2.86. The number of anilines is 1.